The Morgan fingerprint density at radius 2 is 0.868 bits per heavy atom. The molecule has 0 aliphatic carbocycles. The largest absolute Gasteiger partial charge is 0.416 e. The van der Waals surface area contributed by atoms with Gasteiger partial charge in [-0.25, -0.2) is 0 Å². The molecule has 5 aromatic carbocycles. The van der Waals surface area contributed by atoms with Crippen LogP contribution in [0.5, 0.6) is 0 Å². The molecule has 0 saturated heterocycles. The van der Waals surface area contributed by atoms with Crippen LogP contribution in [-0.4, -0.2) is 47.3 Å². The molecule has 0 fully saturated rings. The molecule has 0 aromatic heterocycles. The van der Waals surface area contributed by atoms with Gasteiger partial charge in [0.05, 0.1) is 42.6 Å². The molecule has 24 heteroatoms. The van der Waals surface area contributed by atoms with E-state index in [9.17, 15) is 55.1 Å². The fourth-order valence-corrected chi connectivity index (χ4v) is 6.60. The summed E-state index contributed by atoms with van der Waals surface area (Å²) < 4.78 is 79.5. The van der Waals surface area contributed by atoms with E-state index in [1.165, 1.54) is 36.4 Å². The minimum Gasteiger partial charge on any atom is -0.324 e. The third-order valence-corrected chi connectivity index (χ3v) is 10.7. The van der Waals surface area contributed by atoms with Crippen molar-refractivity contribution in [2.24, 2.45) is 20.5 Å². The normalized spacial score (nSPS) is 12.7. The zero-order chi connectivity index (χ0) is 50.4. The third kappa shape index (κ3) is 13.2. The second kappa shape index (κ2) is 21.5. The van der Waals surface area contributed by atoms with Gasteiger partial charge in [-0.3, -0.25) is 28.8 Å². The van der Waals surface area contributed by atoms with Crippen LogP contribution in [-0.2, 0) is 31.5 Å². The van der Waals surface area contributed by atoms with Crippen molar-refractivity contribution in [3.8, 4) is 0 Å². The van der Waals surface area contributed by atoms with Crippen molar-refractivity contribution >= 4 is 116 Å². The number of rotatable bonds is 14. The molecule has 2 unspecified atom stereocenters. The Morgan fingerprint density at radius 3 is 1.24 bits per heavy atom. The van der Waals surface area contributed by atoms with E-state index in [4.69, 9.17) is 46.4 Å². The second-order valence-electron chi connectivity index (χ2n) is 14.5. The van der Waals surface area contributed by atoms with Crippen molar-refractivity contribution in [2.45, 2.75) is 52.1 Å². The minimum absolute atomic E-state index is 0.0634. The van der Waals surface area contributed by atoms with E-state index in [0.717, 1.165) is 50.2 Å². The molecule has 14 nitrogen and oxygen atoms in total. The Bertz CT molecular complexity index is 2910. The van der Waals surface area contributed by atoms with E-state index in [1.807, 2.05) is 0 Å². The van der Waals surface area contributed by atoms with E-state index in [0.29, 0.717) is 23.3 Å². The minimum atomic E-state index is -4.71. The van der Waals surface area contributed by atoms with E-state index in [1.54, 1.807) is 13.8 Å². The number of alkyl halides is 6. The zero-order valence-corrected chi connectivity index (χ0v) is 38.3. The zero-order valence-electron chi connectivity index (χ0n) is 35.3. The quantitative estimate of drug-likeness (QED) is 0.0484. The van der Waals surface area contributed by atoms with Gasteiger partial charge >= 0.3 is 12.4 Å². The summed E-state index contributed by atoms with van der Waals surface area (Å²) in [6.45, 7) is 5.24. The molecular weight excluding hydrogens is 992 g/mol. The molecule has 0 radical (unpaired) electrons. The van der Waals surface area contributed by atoms with Gasteiger partial charge < -0.3 is 21.3 Å². The molecular formula is C44H32Cl4F6N8O6. The highest BCUT2D eigenvalue weighted by Gasteiger charge is 2.33. The number of halogens is 10. The van der Waals surface area contributed by atoms with Gasteiger partial charge in [-0.1, -0.05) is 46.4 Å². The highest BCUT2D eigenvalue weighted by atomic mass is 35.5. The monoisotopic (exact) mass is 1020 g/mol. The van der Waals surface area contributed by atoms with Gasteiger partial charge in [-0.15, -0.1) is 0 Å². The highest BCUT2D eigenvalue weighted by Crippen LogP contribution is 2.37. The van der Waals surface area contributed by atoms with Crippen LogP contribution in [0.2, 0.25) is 20.1 Å². The fourth-order valence-electron chi connectivity index (χ4n) is 5.96. The number of aryl methyl sites for hydroxylation is 2. The lowest BCUT2D eigenvalue weighted by molar-refractivity contribution is -0.138. The van der Waals surface area contributed by atoms with Crippen molar-refractivity contribution < 1.29 is 55.1 Å². The summed E-state index contributed by atoms with van der Waals surface area (Å²) in [5.74, 6) is -5.18. The van der Waals surface area contributed by atoms with Gasteiger partial charge in [0, 0.05) is 22.5 Å². The number of amides is 4. The summed E-state index contributed by atoms with van der Waals surface area (Å²) in [5.41, 5.74) is -2.31. The summed E-state index contributed by atoms with van der Waals surface area (Å²) in [6, 6.07) is 11.3. The van der Waals surface area contributed by atoms with Gasteiger partial charge in [0.25, 0.3) is 23.6 Å². The molecule has 4 amide bonds. The summed E-state index contributed by atoms with van der Waals surface area (Å²) in [4.78, 5) is 78.0. The van der Waals surface area contributed by atoms with Crippen molar-refractivity contribution in [1.29, 1.82) is 0 Å². The summed E-state index contributed by atoms with van der Waals surface area (Å²) >= 11 is 24.5. The maximum Gasteiger partial charge on any atom is 0.416 e. The number of ketones is 2. The number of Topliss-reactive ketones (excluding diaryl/α,β-unsaturated/α-hetero) is 2. The Labute approximate surface area is 401 Å². The molecule has 0 aliphatic heterocycles. The van der Waals surface area contributed by atoms with Crippen molar-refractivity contribution in [2.75, 3.05) is 21.3 Å². The van der Waals surface area contributed by atoms with Gasteiger partial charge in [0.2, 0.25) is 12.1 Å². The first kappa shape index (κ1) is 52.2. The summed E-state index contributed by atoms with van der Waals surface area (Å²) in [5, 5.41) is 24.7. The van der Waals surface area contributed by atoms with E-state index < -0.39 is 70.8 Å². The average Bonchev–Trinajstić information content (AvgIpc) is 3.23. The number of nitrogens with one attached hydrogen (secondary N) is 4. The topological polar surface area (TPSA) is 200 Å². The lowest BCUT2D eigenvalue weighted by Crippen LogP contribution is -2.33. The molecule has 0 spiro atoms. The second-order valence-corrected chi connectivity index (χ2v) is 16.2. The van der Waals surface area contributed by atoms with Gasteiger partial charge in [-0.2, -0.15) is 46.8 Å². The van der Waals surface area contributed by atoms with E-state index in [2.05, 4.69) is 41.7 Å². The molecule has 5 rings (SSSR count). The molecule has 354 valence electrons. The molecule has 2 atom stereocenters. The fraction of sp³-hybridized carbons (Fsp3) is 0.182. The molecule has 0 saturated carbocycles. The van der Waals surface area contributed by atoms with Crippen molar-refractivity contribution in [3.05, 3.63) is 138 Å². The Kier molecular flexibility index (Phi) is 16.5. The number of hydrogen-bond donors (Lipinski definition) is 4. The molecule has 68 heavy (non-hydrogen) atoms. The number of hydrogen-bond acceptors (Lipinski definition) is 10. The smallest absolute Gasteiger partial charge is 0.324 e. The third-order valence-electron chi connectivity index (χ3n) is 9.38. The van der Waals surface area contributed by atoms with Crippen LogP contribution in [0.1, 0.15) is 56.8 Å². The van der Waals surface area contributed by atoms with Crippen LogP contribution in [0.25, 0.3) is 0 Å². The van der Waals surface area contributed by atoms with Crippen LogP contribution in [0.4, 0.5) is 60.5 Å². The number of anilines is 4. The summed E-state index contributed by atoms with van der Waals surface area (Å²) in [6.07, 6.45) is -9.42. The molecule has 5 aromatic rings. The van der Waals surface area contributed by atoms with Gasteiger partial charge in [0.15, 0.2) is 11.6 Å². The average molecular weight is 1020 g/mol. The van der Waals surface area contributed by atoms with Crippen LogP contribution < -0.4 is 21.3 Å². The first-order chi connectivity index (χ1) is 31.7. The van der Waals surface area contributed by atoms with Crippen LogP contribution in [0, 0.1) is 13.8 Å². The Balaban J connectivity index is 1.27. The van der Waals surface area contributed by atoms with Gasteiger partial charge in [0.1, 0.15) is 11.4 Å². The number of carbonyl (C=O) groups excluding carboxylic acids is 6. The van der Waals surface area contributed by atoms with Crippen LogP contribution in [0.3, 0.4) is 0 Å². The predicted octanol–water partition coefficient (Wildman–Crippen LogP) is 12.8. The van der Waals surface area contributed by atoms with Gasteiger partial charge in [-0.05, 0) is 124 Å². The Hall–Kier alpha value is -6.74. The SMILES string of the molecule is CC(=O)C(N=Nc1cc(C(=O)Nc2cc(C(F)(F)F)ccc2Cl)ccc1Cl)C(=O)Nc1cc(C)c(NC(=O)C(N=Nc2cc(C(=O)Nc3cc(C(F)(F)F)ccc3Cl)ccc2Cl)C(C)=O)c(C)c1. The number of nitrogens with zero attached hydrogens (tertiary/aromatic N) is 4. The summed E-state index contributed by atoms with van der Waals surface area (Å²) in [7, 11) is 0. The molecule has 0 aliphatic rings. The lowest BCUT2D eigenvalue weighted by atomic mass is 10.1. The van der Waals surface area contributed by atoms with E-state index >= 15 is 0 Å². The Morgan fingerprint density at radius 1 is 0.500 bits per heavy atom. The maximum absolute atomic E-state index is 13.4. The van der Waals surface area contributed by atoms with E-state index in [-0.39, 0.29) is 65.3 Å². The lowest BCUT2D eigenvalue weighted by Gasteiger charge is -2.17. The molecule has 4 N–H and O–H groups in total. The highest BCUT2D eigenvalue weighted by molar-refractivity contribution is 6.35. The van der Waals surface area contributed by atoms with Crippen LogP contribution in [0.15, 0.2) is 105 Å². The first-order valence-electron chi connectivity index (χ1n) is 19.2. The number of carbonyl (C=O) groups is 6. The van der Waals surface area contributed by atoms with Crippen molar-refractivity contribution in [3.63, 3.8) is 0 Å². The number of benzene rings is 5. The number of azo groups is 2. The van der Waals surface area contributed by atoms with Crippen molar-refractivity contribution in [1.82, 2.24) is 0 Å². The predicted molar refractivity (Wildman–Crippen MR) is 243 cm³/mol. The van der Waals surface area contributed by atoms with Crippen LogP contribution >= 0.6 is 46.4 Å². The molecule has 0 bridgehead atoms. The maximum atomic E-state index is 13.4. The first-order valence-corrected chi connectivity index (χ1v) is 20.8. The standard InChI is InChI=1S/C44H32Cl4F6N8O6/c1-19-13-27(55-41(67)37(21(3)63)61-59-34-15-23(5-9-30(34)47)39(65)56-32-17-25(43(49,50)51)7-11-28(32)45)14-20(2)36(19)58-42(68)38(22(4)64)62-60-35-16-24(6-10-31(35)48)40(66)57-33-18-26(44(52,53)54)8-12-29(33)46/h5-18,37-38H,1-4H3,(H,55,67)(H,56,65)(H,57,66)(H,58,68). The molecule has 0 heterocycles.